The third-order valence-electron chi connectivity index (χ3n) is 3.23. The van der Waals surface area contributed by atoms with E-state index >= 15 is 0 Å². The van der Waals surface area contributed by atoms with E-state index in [1.54, 1.807) is 0 Å². The van der Waals surface area contributed by atoms with Crippen LogP contribution in [-0.4, -0.2) is 44.4 Å². The molecule has 25 heavy (non-hydrogen) atoms. The van der Waals surface area contributed by atoms with Gasteiger partial charge in [-0.25, -0.2) is 4.39 Å². The average molecular weight is 624 g/mol. The molecule has 0 aromatic heterocycles. The zero-order chi connectivity index (χ0) is 20.5. The Morgan fingerprint density at radius 2 is 0.920 bits per heavy atom. The molecule has 0 radical (unpaired) electrons. The van der Waals surface area contributed by atoms with E-state index in [2.05, 4.69) is 0 Å². The summed E-state index contributed by atoms with van der Waals surface area (Å²) in [5, 5.41) is 0. The smallest absolute Gasteiger partial charge is 0.227 e. The summed E-state index contributed by atoms with van der Waals surface area (Å²) in [4.78, 5) is 0. The highest BCUT2D eigenvalue weighted by Crippen LogP contribution is 2.57. The van der Waals surface area contributed by atoms with Gasteiger partial charge in [-0.15, -0.1) is 0 Å². The standard InChI is InChI=1S/C11H10F12I2/c12-6(1-3-24,11(21,22)23)10(19,20)9(17,18)5-8(15,16)7(13,14)2-4-25/h1-5H2. The summed E-state index contributed by atoms with van der Waals surface area (Å²) in [5.74, 6) is -24.0. The maximum absolute atomic E-state index is 13.8. The molecule has 0 rings (SSSR count). The van der Waals surface area contributed by atoms with Crippen LogP contribution in [0.3, 0.4) is 0 Å². The van der Waals surface area contributed by atoms with Gasteiger partial charge in [-0.05, 0) is 0 Å². The second kappa shape index (κ2) is 7.93. The molecule has 0 spiro atoms. The molecule has 0 aliphatic heterocycles. The molecule has 152 valence electrons. The van der Waals surface area contributed by atoms with Gasteiger partial charge in [-0.2, -0.15) is 48.3 Å². The first kappa shape index (κ1) is 25.6. The molecule has 0 aromatic carbocycles. The Hall–Kier alpha value is 0.620. The Labute approximate surface area is 161 Å². The SMILES string of the molecule is FC(F)(F)C(F)(CCI)C(F)(F)C(F)(F)CC(F)(F)C(F)(F)CCI. The maximum atomic E-state index is 13.8. The zero-order valence-corrected chi connectivity index (χ0v) is 16.1. The van der Waals surface area contributed by atoms with E-state index in [1.165, 1.54) is 22.6 Å². The van der Waals surface area contributed by atoms with E-state index < -0.39 is 63.7 Å². The average Bonchev–Trinajstić information content (AvgIpc) is 2.35. The van der Waals surface area contributed by atoms with Crippen LogP contribution in [0.1, 0.15) is 19.3 Å². The van der Waals surface area contributed by atoms with Gasteiger partial charge >= 0.3 is 29.9 Å². The van der Waals surface area contributed by atoms with Gasteiger partial charge in [-0.1, -0.05) is 45.2 Å². The predicted octanol–water partition coefficient (Wildman–Crippen LogP) is 6.84. The Balaban J connectivity index is 5.96. The van der Waals surface area contributed by atoms with Crippen molar-refractivity contribution in [2.45, 2.75) is 54.8 Å². The van der Waals surface area contributed by atoms with Crippen LogP contribution < -0.4 is 0 Å². The van der Waals surface area contributed by atoms with Gasteiger partial charge in [0.2, 0.25) is 0 Å². The molecule has 0 bridgehead atoms. The summed E-state index contributed by atoms with van der Waals surface area (Å²) in [6.45, 7) is 0. The molecule has 1 unspecified atom stereocenters. The minimum absolute atomic E-state index is 0.674. The Morgan fingerprint density at radius 3 is 1.24 bits per heavy atom. The number of hydrogen-bond donors (Lipinski definition) is 0. The molecule has 0 heterocycles. The highest BCUT2D eigenvalue weighted by atomic mass is 127. The third-order valence-corrected chi connectivity index (χ3v) is 4.31. The third kappa shape index (κ3) is 4.92. The molecule has 0 amide bonds. The van der Waals surface area contributed by atoms with E-state index in [1.807, 2.05) is 0 Å². The summed E-state index contributed by atoms with van der Waals surface area (Å²) >= 11 is 2.17. The van der Waals surface area contributed by atoms with E-state index in [9.17, 15) is 52.7 Å². The zero-order valence-electron chi connectivity index (χ0n) is 11.8. The van der Waals surface area contributed by atoms with Crippen molar-refractivity contribution < 1.29 is 52.7 Å². The molecule has 0 N–H and O–H groups in total. The van der Waals surface area contributed by atoms with Gasteiger partial charge < -0.3 is 0 Å². The van der Waals surface area contributed by atoms with E-state index in [0.29, 0.717) is 0 Å². The van der Waals surface area contributed by atoms with Crippen LogP contribution >= 0.6 is 45.2 Å². The van der Waals surface area contributed by atoms with Crippen molar-refractivity contribution in [2.75, 3.05) is 8.86 Å². The predicted molar refractivity (Wildman–Crippen MR) is 81.3 cm³/mol. The first-order valence-electron chi connectivity index (χ1n) is 6.22. The summed E-state index contributed by atoms with van der Waals surface area (Å²) in [7, 11) is 0. The minimum Gasteiger partial charge on any atom is -0.227 e. The van der Waals surface area contributed by atoms with Crippen LogP contribution in [0, 0.1) is 0 Å². The van der Waals surface area contributed by atoms with E-state index in [4.69, 9.17) is 0 Å². The number of alkyl halides is 14. The van der Waals surface area contributed by atoms with E-state index in [-0.39, 0.29) is 0 Å². The highest BCUT2D eigenvalue weighted by Gasteiger charge is 2.81. The second-order valence-electron chi connectivity index (χ2n) is 5.04. The Bertz CT molecular complexity index is 447. The molecule has 14 heteroatoms. The molecule has 0 saturated carbocycles. The molecule has 0 fully saturated rings. The molecule has 1 atom stereocenters. The molecule has 0 aromatic rings. The first-order valence-corrected chi connectivity index (χ1v) is 9.27. The van der Waals surface area contributed by atoms with Crippen LogP contribution in [0.15, 0.2) is 0 Å². The fraction of sp³-hybridized carbons (Fsp3) is 1.00. The van der Waals surface area contributed by atoms with Gasteiger partial charge in [0.05, 0.1) is 6.42 Å². The topological polar surface area (TPSA) is 0 Å². The fourth-order valence-corrected chi connectivity index (χ4v) is 3.14. The van der Waals surface area contributed by atoms with Crippen molar-refractivity contribution in [1.82, 2.24) is 0 Å². The molecular weight excluding hydrogens is 614 g/mol. The molecule has 0 aliphatic rings. The van der Waals surface area contributed by atoms with Crippen molar-refractivity contribution in [3.8, 4) is 0 Å². The summed E-state index contributed by atoms with van der Waals surface area (Å²) in [6, 6.07) is 0. The first-order chi connectivity index (χ1) is 10.8. The lowest BCUT2D eigenvalue weighted by Gasteiger charge is -2.40. The second-order valence-corrected chi connectivity index (χ2v) is 7.20. The summed E-state index contributed by atoms with van der Waals surface area (Å²) in [5.41, 5.74) is -5.86. The largest absolute Gasteiger partial charge is 0.428 e. The van der Waals surface area contributed by atoms with Crippen molar-refractivity contribution in [1.29, 1.82) is 0 Å². The molecular formula is C11H10F12I2. The number of halogens is 14. The van der Waals surface area contributed by atoms with E-state index in [0.717, 1.165) is 22.6 Å². The van der Waals surface area contributed by atoms with Crippen LogP contribution in [0.5, 0.6) is 0 Å². The van der Waals surface area contributed by atoms with Crippen LogP contribution in [0.4, 0.5) is 52.7 Å². The van der Waals surface area contributed by atoms with Crippen molar-refractivity contribution in [3.05, 3.63) is 0 Å². The maximum Gasteiger partial charge on any atom is 0.428 e. The summed E-state index contributed by atoms with van der Waals surface area (Å²) in [6.07, 6.45) is -14.0. The van der Waals surface area contributed by atoms with Gasteiger partial charge in [0.1, 0.15) is 0 Å². The quantitative estimate of drug-likeness (QED) is 0.150. The Kier molecular flexibility index (Phi) is 8.13. The van der Waals surface area contributed by atoms with Gasteiger partial charge in [0, 0.05) is 21.7 Å². The molecule has 0 aliphatic carbocycles. The number of rotatable bonds is 9. The van der Waals surface area contributed by atoms with Crippen molar-refractivity contribution in [2.24, 2.45) is 0 Å². The molecule has 0 nitrogen and oxygen atoms in total. The van der Waals surface area contributed by atoms with Crippen LogP contribution in [0.2, 0.25) is 0 Å². The monoisotopic (exact) mass is 624 g/mol. The lowest BCUT2D eigenvalue weighted by molar-refractivity contribution is -0.366. The molecule has 0 saturated heterocycles. The minimum atomic E-state index is -6.69. The van der Waals surface area contributed by atoms with Gasteiger partial charge in [-0.3, -0.25) is 0 Å². The van der Waals surface area contributed by atoms with Crippen molar-refractivity contribution in [3.63, 3.8) is 0 Å². The fourth-order valence-electron chi connectivity index (χ4n) is 1.72. The van der Waals surface area contributed by atoms with Gasteiger partial charge in [0.25, 0.3) is 5.67 Å². The van der Waals surface area contributed by atoms with Crippen LogP contribution in [-0.2, 0) is 0 Å². The van der Waals surface area contributed by atoms with Crippen LogP contribution in [0.25, 0.3) is 0 Å². The van der Waals surface area contributed by atoms with Crippen molar-refractivity contribution >= 4 is 45.2 Å². The number of hydrogen-bond acceptors (Lipinski definition) is 0. The van der Waals surface area contributed by atoms with Gasteiger partial charge in [0.15, 0.2) is 0 Å². The normalized spacial score (nSPS) is 17.5. The highest BCUT2D eigenvalue weighted by molar-refractivity contribution is 14.1. The Morgan fingerprint density at radius 1 is 0.520 bits per heavy atom. The lowest BCUT2D eigenvalue weighted by Crippen LogP contribution is -2.65. The summed E-state index contributed by atoms with van der Waals surface area (Å²) < 4.78 is 157. The lowest BCUT2D eigenvalue weighted by atomic mass is 9.85.